The van der Waals surface area contributed by atoms with E-state index in [0.29, 0.717) is 42.2 Å². The summed E-state index contributed by atoms with van der Waals surface area (Å²) in [6.45, 7) is 21.6. The number of halogens is 1. The normalized spacial score (nSPS) is 38.5. The van der Waals surface area contributed by atoms with Crippen LogP contribution >= 0.6 is 11.6 Å². The second kappa shape index (κ2) is 14.0. The molecule has 1 aromatic rings. The van der Waals surface area contributed by atoms with E-state index in [-0.39, 0.29) is 63.4 Å². The SMILES string of the molecule is CC(C)C1=C2[C@H]3CC[C@@H]4[C@@]5(C)CC[C@H](OC(=O)CC(C)(C)C(=O)O)C(C)(C)[C@@H]5CC[C@@]4(C)[C@]3(C)CC[C@@]2([C@H]2CN(Cc3ccc(Cl)cc3)CC(=O)N2C)CC1=O. The van der Waals surface area contributed by atoms with E-state index < -0.39 is 17.4 Å². The molecule has 9 atom stereocenters. The number of hydrogen-bond donors (Lipinski definition) is 1. The van der Waals surface area contributed by atoms with Crippen LogP contribution in [0.2, 0.25) is 5.02 Å². The zero-order valence-electron chi connectivity index (χ0n) is 35.7. The molecule has 0 unspecified atom stereocenters. The van der Waals surface area contributed by atoms with Crippen LogP contribution in [0.5, 0.6) is 0 Å². The van der Waals surface area contributed by atoms with Gasteiger partial charge in [0.2, 0.25) is 5.91 Å². The first kappa shape index (κ1) is 41.4. The number of likely N-dealkylation sites (N-methyl/N-ethyl adjacent to an activating group) is 1. The number of carboxylic acid groups (broad SMARTS) is 1. The lowest BCUT2D eigenvalue weighted by atomic mass is 9.32. The van der Waals surface area contributed by atoms with Crippen molar-refractivity contribution in [2.24, 2.45) is 56.2 Å². The standard InChI is InChI=1S/C47H67ClN2O6/c1-28(2)39-32(51)23-47(35-26-50(27-37(52)49(35)10)25-29-11-13-30(48)14-12-29)22-21-45(8)31(40(39)47)15-16-34-44(7)19-18-36(56-38(53)24-42(3,4)41(54)55)43(5,6)33(44)17-20-46(34,45)9/h11-14,28,31,33-36H,15-27H2,1-10H3,(H,54,55)/t31-,33+,34-,35-,36+,44+,45-,46-,47+/m1/s1. The highest BCUT2D eigenvalue weighted by Crippen LogP contribution is 2.77. The lowest BCUT2D eigenvalue weighted by Gasteiger charge is -2.72. The lowest BCUT2D eigenvalue weighted by Crippen LogP contribution is -2.67. The molecule has 0 aromatic heterocycles. The van der Waals surface area contributed by atoms with Gasteiger partial charge in [-0.2, -0.15) is 0 Å². The summed E-state index contributed by atoms with van der Waals surface area (Å²) in [4.78, 5) is 57.6. The van der Waals surface area contributed by atoms with Gasteiger partial charge in [-0.1, -0.05) is 77.8 Å². The third kappa shape index (κ3) is 6.23. The van der Waals surface area contributed by atoms with E-state index in [2.05, 4.69) is 53.4 Å². The Morgan fingerprint density at radius 2 is 1.61 bits per heavy atom. The van der Waals surface area contributed by atoms with Crippen molar-refractivity contribution in [1.29, 1.82) is 0 Å². The molecule has 1 N–H and O–H groups in total. The molecule has 1 amide bonds. The number of rotatable bonds is 8. The van der Waals surface area contributed by atoms with Crippen molar-refractivity contribution in [1.82, 2.24) is 9.80 Å². The molecule has 0 spiro atoms. The number of ether oxygens (including phenoxy) is 1. The molecule has 0 radical (unpaired) electrons. The maximum atomic E-state index is 14.4. The van der Waals surface area contributed by atoms with E-state index in [9.17, 15) is 24.3 Å². The molecule has 4 saturated carbocycles. The molecule has 9 heteroatoms. The number of amides is 1. The molecule has 56 heavy (non-hydrogen) atoms. The molecule has 1 aromatic carbocycles. The van der Waals surface area contributed by atoms with Crippen molar-refractivity contribution >= 4 is 35.2 Å². The van der Waals surface area contributed by atoms with Crippen LogP contribution in [0.25, 0.3) is 0 Å². The number of fused-ring (bicyclic) bond motifs is 7. The summed E-state index contributed by atoms with van der Waals surface area (Å²) < 4.78 is 6.20. The van der Waals surface area contributed by atoms with Crippen LogP contribution in [0.1, 0.15) is 132 Å². The van der Waals surface area contributed by atoms with Crippen molar-refractivity contribution in [3.8, 4) is 0 Å². The summed E-state index contributed by atoms with van der Waals surface area (Å²) >= 11 is 6.21. The van der Waals surface area contributed by atoms with Crippen LogP contribution in [0.3, 0.4) is 0 Å². The molecule has 1 heterocycles. The number of aliphatic carboxylic acids is 1. The van der Waals surface area contributed by atoms with E-state index in [1.807, 2.05) is 36.2 Å². The van der Waals surface area contributed by atoms with Gasteiger partial charge in [0.15, 0.2) is 5.78 Å². The van der Waals surface area contributed by atoms with Crippen LogP contribution in [-0.2, 0) is 30.5 Å². The number of esters is 1. The van der Waals surface area contributed by atoms with Crippen LogP contribution < -0.4 is 0 Å². The fraction of sp³-hybridized carbons (Fsp3) is 0.745. The van der Waals surface area contributed by atoms with Gasteiger partial charge in [0.05, 0.1) is 24.4 Å². The van der Waals surface area contributed by atoms with Crippen molar-refractivity contribution in [2.75, 3.05) is 20.1 Å². The topological polar surface area (TPSA) is 104 Å². The Morgan fingerprint density at radius 3 is 2.25 bits per heavy atom. The highest BCUT2D eigenvalue weighted by molar-refractivity contribution is 6.30. The quantitative estimate of drug-likeness (QED) is 0.262. The Bertz CT molecular complexity index is 1820. The number of carbonyl (C=O) groups is 4. The summed E-state index contributed by atoms with van der Waals surface area (Å²) in [6, 6.07) is 7.84. The number of hydrogen-bond acceptors (Lipinski definition) is 6. The molecule has 308 valence electrons. The average molecular weight is 792 g/mol. The van der Waals surface area contributed by atoms with Gasteiger partial charge in [-0.15, -0.1) is 0 Å². The second-order valence-electron chi connectivity index (χ2n) is 21.4. The van der Waals surface area contributed by atoms with Crippen molar-refractivity contribution in [2.45, 2.75) is 145 Å². The zero-order chi connectivity index (χ0) is 41.0. The highest BCUT2D eigenvalue weighted by Gasteiger charge is 2.71. The van der Waals surface area contributed by atoms with Gasteiger partial charge in [0.25, 0.3) is 0 Å². The molecule has 1 saturated heterocycles. The fourth-order valence-electron chi connectivity index (χ4n) is 14.3. The minimum absolute atomic E-state index is 0.0103. The molecule has 8 nitrogen and oxygen atoms in total. The fourth-order valence-corrected chi connectivity index (χ4v) is 14.5. The summed E-state index contributed by atoms with van der Waals surface area (Å²) in [5, 5.41) is 10.4. The minimum Gasteiger partial charge on any atom is -0.481 e. The molecule has 0 bridgehead atoms. The number of Topliss-reactive ketones (excluding diaryl/α,β-unsaturated/α-hetero) is 1. The third-order valence-corrected chi connectivity index (χ3v) is 17.7. The van der Waals surface area contributed by atoms with Crippen molar-refractivity contribution in [3.63, 3.8) is 0 Å². The smallest absolute Gasteiger partial charge is 0.309 e. The van der Waals surface area contributed by atoms with E-state index in [1.165, 1.54) is 5.57 Å². The van der Waals surface area contributed by atoms with Gasteiger partial charge < -0.3 is 14.7 Å². The van der Waals surface area contributed by atoms with Gasteiger partial charge in [-0.25, -0.2) is 0 Å². The van der Waals surface area contributed by atoms with Gasteiger partial charge in [0.1, 0.15) is 6.10 Å². The molecular weight excluding hydrogens is 724 g/mol. The molecule has 6 aliphatic rings. The molecule has 7 rings (SSSR count). The van der Waals surface area contributed by atoms with Gasteiger partial charge in [0, 0.05) is 42.4 Å². The first-order valence-electron chi connectivity index (χ1n) is 21.4. The largest absolute Gasteiger partial charge is 0.481 e. The predicted molar refractivity (Wildman–Crippen MR) is 219 cm³/mol. The Hall–Kier alpha value is -2.71. The van der Waals surface area contributed by atoms with E-state index in [4.69, 9.17) is 16.3 Å². The van der Waals surface area contributed by atoms with Gasteiger partial charge >= 0.3 is 11.9 Å². The van der Waals surface area contributed by atoms with Crippen LogP contribution in [0.15, 0.2) is 35.4 Å². The van der Waals surface area contributed by atoms with Crippen molar-refractivity contribution < 1.29 is 29.0 Å². The maximum Gasteiger partial charge on any atom is 0.309 e. The maximum absolute atomic E-state index is 14.4. The highest BCUT2D eigenvalue weighted by atomic mass is 35.5. The predicted octanol–water partition coefficient (Wildman–Crippen LogP) is 9.38. The minimum atomic E-state index is -1.17. The molecule has 1 aliphatic heterocycles. The van der Waals surface area contributed by atoms with Gasteiger partial charge in [-0.3, -0.25) is 24.1 Å². The van der Waals surface area contributed by atoms with E-state index in [0.717, 1.165) is 69.0 Å². The van der Waals surface area contributed by atoms with E-state index in [1.54, 1.807) is 13.8 Å². The molecular formula is C47H67ClN2O6. The average Bonchev–Trinajstić information content (AvgIpc) is 3.41. The molecule has 5 aliphatic carbocycles. The number of carboxylic acids is 1. The van der Waals surface area contributed by atoms with Crippen LogP contribution in [-0.4, -0.2) is 70.8 Å². The first-order chi connectivity index (χ1) is 26.0. The summed E-state index contributed by atoms with van der Waals surface area (Å²) in [7, 11) is 1.98. The van der Waals surface area contributed by atoms with Gasteiger partial charge in [-0.05, 0) is 128 Å². The Kier molecular flexibility index (Phi) is 10.3. The number of piperazine rings is 1. The monoisotopic (exact) mass is 790 g/mol. The summed E-state index contributed by atoms with van der Waals surface area (Å²) in [5.74, 6) is 0.250. The lowest BCUT2D eigenvalue weighted by molar-refractivity contribution is -0.234. The summed E-state index contributed by atoms with van der Waals surface area (Å²) in [6.07, 6.45) is 8.08. The number of carbonyl (C=O) groups excluding carboxylic acids is 3. The summed E-state index contributed by atoms with van der Waals surface area (Å²) in [5.41, 5.74) is 1.89. The number of benzene rings is 1. The van der Waals surface area contributed by atoms with Crippen LogP contribution in [0, 0.1) is 56.2 Å². The third-order valence-electron chi connectivity index (χ3n) is 17.5. The van der Waals surface area contributed by atoms with E-state index >= 15 is 0 Å². The Morgan fingerprint density at radius 1 is 0.929 bits per heavy atom. The number of allylic oxidation sites excluding steroid dienone is 1. The Balaban J connectivity index is 1.19. The van der Waals surface area contributed by atoms with Crippen molar-refractivity contribution in [3.05, 3.63) is 46.0 Å². The number of nitrogens with zero attached hydrogens (tertiary/aromatic N) is 2. The molecule has 5 fully saturated rings. The Labute approximate surface area is 340 Å². The second-order valence-corrected chi connectivity index (χ2v) is 21.8. The van der Waals surface area contributed by atoms with Crippen LogP contribution in [0.4, 0.5) is 0 Å². The first-order valence-corrected chi connectivity index (χ1v) is 21.8. The number of ketones is 1. The zero-order valence-corrected chi connectivity index (χ0v) is 36.5.